The Morgan fingerprint density at radius 3 is 2.35 bits per heavy atom. The van der Waals surface area contributed by atoms with Crippen LogP contribution in [0, 0.1) is 5.92 Å². The number of carboxylic acid groups (broad SMARTS) is 1. The summed E-state index contributed by atoms with van der Waals surface area (Å²) in [5, 5.41) is 17.6. The maximum absolute atomic E-state index is 13.2. The molecule has 8 nitrogen and oxygen atoms in total. The normalized spacial score (nSPS) is 14.1. The summed E-state index contributed by atoms with van der Waals surface area (Å²) in [6.07, 6.45) is 3.02. The standard InChI is InChI=1S/C33H43N3O5S2/c1-4-24(2)30(35-32(38)23-43(41)22-25-11-6-5-7-12-25)20-36(21-31(37)34-29(33(39)40)17-18-42-3)19-27-15-10-14-26-13-8-9-16-28(26)27/h5-16,24,29-30H,4,17-23H2,1-3H3,(H,34,37)(H,35,38)(H,39,40)/t24?,29-,30+,43?/m0/s1. The second-order valence-corrected chi connectivity index (χ2v) is 13.3. The van der Waals surface area contributed by atoms with Crippen molar-refractivity contribution < 1.29 is 23.7 Å². The SMILES string of the molecule is CCC(C)[C@@H](CN(CC(=O)N[C@@H](CCSC)C(=O)O)Cc1cccc2ccccc12)NC(=O)CS(=O)Cc1ccccc1. The van der Waals surface area contributed by atoms with E-state index < -0.39 is 22.8 Å². The number of hydrogen-bond donors (Lipinski definition) is 3. The Balaban J connectivity index is 1.78. The molecule has 2 unspecified atom stereocenters. The van der Waals surface area contributed by atoms with E-state index in [0.717, 1.165) is 28.3 Å². The molecule has 43 heavy (non-hydrogen) atoms. The molecular weight excluding hydrogens is 583 g/mol. The number of fused-ring (bicyclic) bond motifs is 1. The second kappa shape index (κ2) is 17.8. The fraction of sp³-hybridized carbons (Fsp3) is 0.424. The summed E-state index contributed by atoms with van der Waals surface area (Å²) < 4.78 is 12.7. The Kier molecular flexibility index (Phi) is 14.2. The first-order chi connectivity index (χ1) is 20.7. The minimum atomic E-state index is -1.36. The number of hydrogen-bond acceptors (Lipinski definition) is 6. The van der Waals surface area contributed by atoms with E-state index in [1.165, 1.54) is 11.8 Å². The van der Waals surface area contributed by atoms with Crippen molar-refractivity contribution in [3.8, 4) is 0 Å². The highest BCUT2D eigenvalue weighted by Crippen LogP contribution is 2.21. The number of thioether (sulfide) groups is 1. The number of benzene rings is 3. The summed E-state index contributed by atoms with van der Waals surface area (Å²) in [4.78, 5) is 40.0. The van der Waals surface area contributed by atoms with Crippen LogP contribution < -0.4 is 10.6 Å². The quantitative estimate of drug-likeness (QED) is 0.191. The summed E-state index contributed by atoms with van der Waals surface area (Å²) in [6.45, 7) is 4.85. The third-order valence-corrected chi connectivity index (χ3v) is 9.36. The van der Waals surface area contributed by atoms with Gasteiger partial charge in [0.25, 0.3) is 0 Å². The molecule has 0 aromatic heterocycles. The van der Waals surface area contributed by atoms with E-state index in [1.54, 1.807) is 0 Å². The summed E-state index contributed by atoms with van der Waals surface area (Å²) in [5.74, 6) is -0.846. The van der Waals surface area contributed by atoms with Crippen molar-refractivity contribution in [2.45, 2.75) is 51.1 Å². The molecule has 3 aromatic carbocycles. The number of aliphatic carboxylic acids is 1. The van der Waals surface area contributed by atoms with Gasteiger partial charge in [-0.1, -0.05) is 93.1 Å². The monoisotopic (exact) mass is 625 g/mol. The summed E-state index contributed by atoms with van der Waals surface area (Å²) in [7, 11) is -1.36. The Morgan fingerprint density at radius 2 is 1.65 bits per heavy atom. The molecular formula is C33H43N3O5S2. The zero-order valence-electron chi connectivity index (χ0n) is 25.2. The second-order valence-electron chi connectivity index (χ2n) is 10.8. The van der Waals surface area contributed by atoms with Crippen LogP contribution in [0.3, 0.4) is 0 Å². The van der Waals surface area contributed by atoms with Gasteiger partial charge < -0.3 is 15.7 Å². The van der Waals surface area contributed by atoms with Gasteiger partial charge in [-0.2, -0.15) is 11.8 Å². The minimum Gasteiger partial charge on any atom is -0.480 e. The third kappa shape index (κ3) is 11.4. The van der Waals surface area contributed by atoms with Crippen LogP contribution >= 0.6 is 11.8 Å². The van der Waals surface area contributed by atoms with E-state index in [1.807, 2.05) is 97.8 Å². The Morgan fingerprint density at radius 1 is 0.953 bits per heavy atom. The molecule has 0 aliphatic rings. The Bertz CT molecular complexity index is 1370. The van der Waals surface area contributed by atoms with E-state index in [0.29, 0.717) is 31.0 Å². The molecule has 0 fully saturated rings. The largest absolute Gasteiger partial charge is 0.480 e. The van der Waals surface area contributed by atoms with E-state index in [2.05, 4.69) is 10.6 Å². The topological polar surface area (TPSA) is 116 Å². The zero-order chi connectivity index (χ0) is 31.2. The van der Waals surface area contributed by atoms with Gasteiger partial charge in [-0.05, 0) is 46.2 Å². The molecule has 4 atom stereocenters. The first-order valence-electron chi connectivity index (χ1n) is 14.6. The summed E-state index contributed by atoms with van der Waals surface area (Å²) in [5.41, 5.74) is 1.94. The smallest absolute Gasteiger partial charge is 0.326 e. The lowest BCUT2D eigenvalue weighted by Gasteiger charge is -2.31. The van der Waals surface area contributed by atoms with Crippen LogP contribution in [0.25, 0.3) is 10.8 Å². The molecule has 2 amide bonds. The van der Waals surface area contributed by atoms with Gasteiger partial charge in [-0.15, -0.1) is 0 Å². The maximum Gasteiger partial charge on any atom is 0.326 e. The lowest BCUT2D eigenvalue weighted by molar-refractivity contribution is -0.142. The van der Waals surface area contributed by atoms with Crippen molar-refractivity contribution in [2.24, 2.45) is 5.92 Å². The van der Waals surface area contributed by atoms with Crippen molar-refractivity contribution >= 4 is 51.1 Å². The van der Waals surface area contributed by atoms with Gasteiger partial charge in [0.15, 0.2) is 0 Å². The van der Waals surface area contributed by atoms with E-state index in [4.69, 9.17) is 0 Å². The van der Waals surface area contributed by atoms with Crippen LogP contribution in [-0.4, -0.2) is 74.9 Å². The fourth-order valence-electron chi connectivity index (χ4n) is 4.93. The lowest BCUT2D eigenvalue weighted by atomic mass is 9.97. The number of amides is 2. The van der Waals surface area contributed by atoms with Crippen LogP contribution in [0.1, 0.15) is 37.8 Å². The fourth-order valence-corrected chi connectivity index (χ4v) is 6.44. The lowest BCUT2D eigenvalue weighted by Crippen LogP contribution is -2.51. The molecule has 0 spiro atoms. The van der Waals surface area contributed by atoms with E-state index >= 15 is 0 Å². The molecule has 232 valence electrons. The van der Waals surface area contributed by atoms with Gasteiger partial charge in [-0.3, -0.25) is 18.7 Å². The van der Waals surface area contributed by atoms with E-state index in [-0.39, 0.29) is 36.1 Å². The van der Waals surface area contributed by atoms with Crippen LogP contribution in [0.5, 0.6) is 0 Å². The number of carbonyl (C=O) groups is 3. The number of nitrogens with one attached hydrogen (secondary N) is 2. The number of rotatable bonds is 18. The molecule has 3 aromatic rings. The molecule has 0 saturated carbocycles. The highest BCUT2D eigenvalue weighted by molar-refractivity contribution is 7.98. The Hall–Kier alpha value is -3.21. The molecule has 0 bridgehead atoms. The number of carbonyl (C=O) groups excluding carboxylic acids is 2. The highest BCUT2D eigenvalue weighted by Gasteiger charge is 2.26. The van der Waals surface area contributed by atoms with Crippen molar-refractivity contribution in [1.82, 2.24) is 15.5 Å². The van der Waals surface area contributed by atoms with Crippen molar-refractivity contribution in [1.29, 1.82) is 0 Å². The van der Waals surface area contributed by atoms with Crippen LogP contribution in [0.2, 0.25) is 0 Å². The third-order valence-electron chi connectivity index (χ3n) is 7.48. The van der Waals surface area contributed by atoms with Crippen molar-refractivity contribution in [2.75, 3.05) is 30.9 Å². The molecule has 0 aliphatic carbocycles. The maximum atomic E-state index is 13.2. The number of carboxylic acids is 1. The Labute approximate surface area is 261 Å². The van der Waals surface area contributed by atoms with Gasteiger partial charge in [0, 0.05) is 35.7 Å². The van der Waals surface area contributed by atoms with Crippen molar-refractivity contribution in [3.05, 3.63) is 83.9 Å². The zero-order valence-corrected chi connectivity index (χ0v) is 26.8. The van der Waals surface area contributed by atoms with Gasteiger partial charge in [0.1, 0.15) is 11.8 Å². The molecule has 10 heteroatoms. The molecule has 0 saturated heterocycles. The predicted molar refractivity (Wildman–Crippen MR) is 176 cm³/mol. The van der Waals surface area contributed by atoms with Crippen LogP contribution in [0.4, 0.5) is 0 Å². The first-order valence-corrected chi connectivity index (χ1v) is 17.5. The average Bonchev–Trinajstić information content (AvgIpc) is 2.98. The highest BCUT2D eigenvalue weighted by atomic mass is 32.2. The average molecular weight is 626 g/mol. The summed E-state index contributed by atoms with van der Waals surface area (Å²) >= 11 is 1.53. The minimum absolute atomic E-state index is 0.0327. The van der Waals surface area contributed by atoms with Gasteiger partial charge in [0.05, 0.1) is 6.54 Å². The molecule has 3 N–H and O–H groups in total. The van der Waals surface area contributed by atoms with Gasteiger partial charge in [0.2, 0.25) is 11.8 Å². The van der Waals surface area contributed by atoms with Crippen molar-refractivity contribution in [3.63, 3.8) is 0 Å². The van der Waals surface area contributed by atoms with Crippen LogP contribution in [-0.2, 0) is 37.5 Å². The molecule has 0 heterocycles. The molecule has 0 aliphatic heterocycles. The first kappa shape index (κ1) is 34.3. The number of nitrogens with zero attached hydrogens (tertiary/aromatic N) is 1. The van der Waals surface area contributed by atoms with Crippen LogP contribution in [0.15, 0.2) is 72.8 Å². The molecule has 3 rings (SSSR count). The van der Waals surface area contributed by atoms with Gasteiger partial charge >= 0.3 is 5.97 Å². The molecule has 0 radical (unpaired) electrons. The van der Waals surface area contributed by atoms with E-state index in [9.17, 15) is 23.7 Å². The predicted octanol–water partition coefficient (Wildman–Crippen LogP) is 4.44. The summed E-state index contributed by atoms with van der Waals surface area (Å²) in [6, 6.07) is 22.3. The van der Waals surface area contributed by atoms with Gasteiger partial charge in [-0.25, -0.2) is 4.79 Å².